The molecule has 0 heterocycles. The molecular formula is C13H23NO5. The highest BCUT2D eigenvalue weighted by Crippen LogP contribution is 2.16. The van der Waals surface area contributed by atoms with Crippen LogP contribution < -0.4 is 0 Å². The van der Waals surface area contributed by atoms with Crippen molar-refractivity contribution < 1.29 is 24.2 Å². The van der Waals surface area contributed by atoms with Crippen molar-refractivity contribution in [3.05, 3.63) is 0 Å². The number of ether oxygens (including phenoxy) is 1. The maximum atomic E-state index is 12.0. The van der Waals surface area contributed by atoms with Crippen LogP contribution in [-0.4, -0.2) is 46.5 Å². The summed E-state index contributed by atoms with van der Waals surface area (Å²) in [5.74, 6) is -1.60. The molecule has 0 atom stereocenters. The first kappa shape index (κ1) is 17.4. The Labute approximate surface area is 113 Å². The third kappa shape index (κ3) is 7.43. The van der Waals surface area contributed by atoms with Crippen LogP contribution in [0, 0.1) is 0 Å². The van der Waals surface area contributed by atoms with Gasteiger partial charge in [-0.25, -0.2) is 0 Å². The molecule has 110 valence electrons. The second kappa shape index (κ2) is 7.76. The zero-order valence-corrected chi connectivity index (χ0v) is 12.1. The second-order valence-electron chi connectivity index (χ2n) is 5.16. The summed E-state index contributed by atoms with van der Waals surface area (Å²) in [7, 11) is 0. The van der Waals surface area contributed by atoms with E-state index in [-0.39, 0.29) is 38.3 Å². The topological polar surface area (TPSA) is 83.9 Å². The highest BCUT2D eigenvalue weighted by Gasteiger charge is 2.26. The lowest BCUT2D eigenvalue weighted by Gasteiger charge is -2.35. The molecule has 0 aromatic heterocycles. The van der Waals surface area contributed by atoms with Crippen LogP contribution in [0.3, 0.4) is 0 Å². The molecule has 0 bridgehead atoms. The summed E-state index contributed by atoms with van der Waals surface area (Å²) in [6.45, 7) is 7.62. The number of carboxylic acids is 1. The van der Waals surface area contributed by atoms with Gasteiger partial charge in [0.1, 0.15) is 0 Å². The number of esters is 1. The average molecular weight is 273 g/mol. The number of carbonyl (C=O) groups is 3. The molecule has 0 aromatic rings. The van der Waals surface area contributed by atoms with Crippen LogP contribution in [0.4, 0.5) is 0 Å². The Morgan fingerprint density at radius 1 is 1.11 bits per heavy atom. The van der Waals surface area contributed by atoms with Gasteiger partial charge in [-0.3, -0.25) is 14.4 Å². The number of hydrogen-bond acceptors (Lipinski definition) is 4. The molecule has 0 aliphatic heterocycles. The summed E-state index contributed by atoms with van der Waals surface area (Å²) >= 11 is 0. The van der Waals surface area contributed by atoms with Crippen molar-refractivity contribution in [3.8, 4) is 0 Å². The Kier molecular flexibility index (Phi) is 7.11. The average Bonchev–Trinajstić information content (AvgIpc) is 2.24. The molecule has 1 amide bonds. The third-order valence-electron chi connectivity index (χ3n) is 2.51. The van der Waals surface area contributed by atoms with Gasteiger partial charge >= 0.3 is 11.9 Å². The predicted octanol–water partition coefficient (Wildman–Crippen LogP) is 1.43. The van der Waals surface area contributed by atoms with Gasteiger partial charge in [0, 0.05) is 18.5 Å². The molecule has 1 N–H and O–H groups in total. The molecule has 0 saturated carbocycles. The van der Waals surface area contributed by atoms with Gasteiger partial charge in [0.2, 0.25) is 5.91 Å². The van der Waals surface area contributed by atoms with Crippen molar-refractivity contribution in [1.82, 2.24) is 4.90 Å². The fraction of sp³-hybridized carbons (Fsp3) is 0.769. The minimum Gasteiger partial charge on any atom is -0.481 e. The standard InChI is InChI=1S/C13H23NO5/c1-5-19-12(18)7-6-10(15)14(13(2,3)4)9-8-11(16)17/h5-9H2,1-4H3,(H,16,17). The van der Waals surface area contributed by atoms with Crippen LogP contribution in [0.25, 0.3) is 0 Å². The highest BCUT2D eigenvalue weighted by molar-refractivity contribution is 5.82. The van der Waals surface area contributed by atoms with Crippen LogP contribution in [0.1, 0.15) is 47.0 Å². The number of carbonyl (C=O) groups excluding carboxylic acids is 2. The van der Waals surface area contributed by atoms with E-state index in [4.69, 9.17) is 9.84 Å². The molecule has 6 heteroatoms. The summed E-state index contributed by atoms with van der Waals surface area (Å²) in [6.07, 6.45) is -0.0511. The zero-order chi connectivity index (χ0) is 15.1. The SMILES string of the molecule is CCOC(=O)CCC(=O)N(CCC(=O)O)C(C)(C)C. The van der Waals surface area contributed by atoms with Gasteiger partial charge in [0.05, 0.1) is 19.4 Å². The van der Waals surface area contributed by atoms with E-state index in [1.807, 2.05) is 20.8 Å². The van der Waals surface area contributed by atoms with Crippen molar-refractivity contribution in [3.63, 3.8) is 0 Å². The number of rotatable bonds is 7. The Balaban J connectivity index is 4.47. The summed E-state index contributed by atoms with van der Waals surface area (Å²) in [6, 6.07) is 0. The van der Waals surface area contributed by atoms with Gasteiger partial charge in [-0.05, 0) is 27.7 Å². The van der Waals surface area contributed by atoms with E-state index in [1.54, 1.807) is 6.92 Å². The molecule has 0 saturated heterocycles. The number of amides is 1. The lowest BCUT2D eigenvalue weighted by atomic mass is 10.0. The van der Waals surface area contributed by atoms with E-state index in [0.717, 1.165) is 0 Å². The normalized spacial score (nSPS) is 10.9. The molecule has 0 aliphatic carbocycles. The number of nitrogens with zero attached hydrogens (tertiary/aromatic N) is 1. The molecule has 0 unspecified atom stereocenters. The molecule has 0 spiro atoms. The van der Waals surface area contributed by atoms with Crippen LogP contribution in [-0.2, 0) is 19.1 Å². The van der Waals surface area contributed by atoms with Gasteiger partial charge in [-0.1, -0.05) is 0 Å². The summed E-state index contributed by atoms with van der Waals surface area (Å²) < 4.78 is 4.75. The Bertz CT molecular complexity index is 332. The lowest BCUT2D eigenvalue weighted by Crippen LogP contribution is -2.46. The quantitative estimate of drug-likeness (QED) is 0.709. The Morgan fingerprint density at radius 3 is 2.11 bits per heavy atom. The Hall–Kier alpha value is -1.59. The molecule has 6 nitrogen and oxygen atoms in total. The number of hydrogen-bond donors (Lipinski definition) is 1. The molecular weight excluding hydrogens is 250 g/mol. The van der Waals surface area contributed by atoms with Crippen LogP contribution in [0.2, 0.25) is 0 Å². The Morgan fingerprint density at radius 2 is 1.68 bits per heavy atom. The van der Waals surface area contributed by atoms with E-state index in [1.165, 1.54) is 4.90 Å². The first-order valence-corrected chi connectivity index (χ1v) is 6.36. The largest absolute Gasteiger partial charge is 0.481 e. The zero-order valence-electron chi connectivity index (χ0n) is 12.1. The molecule has 0 aliphatic rings. The fourth-order valence-electron chi connectivity index (χ4n) is 1.62. The molecule has 19 heavy (non-hydrogen) atoms. The van der Waals surface area contributed by atoms with Crippen molar-refractivity contribution in [2.45, 2.75) is 52.5 Å². The van der Waals surface area contributed by atoms with E-state index in [0.29, 0.717) is 0 Å². The highest BCUT2D eigenvalue weighted by atomic mass is 16.5. The van der Waals surface area contributed by atoms with Crippen LogP contribution in [0.15, 0.2) is 0 Å². The minimum atomic E-state index is -0.951. The monoisotopic (exact) mass is 273 g/mol. The van der Waals surface area contributed by atoms with Gasteiger partial charge in [0.25, 0.3) is 0 Å². The molecule has 0 radical (unpaired) electrons. The number of carboxylic acid groups (broad SMARTS) is 1. The summed E-state index contributed by atoms with van der Waals surface area (Å²) in [5, 5.41) is 8.69. The smallest absolute Gasteiger partial charge is 0.306 e. The van der Waals surface area contributed by atoms with Gasteiger partial charge in [-0.2, -0.15) is 0 Å². The van der Waals surface area contributed by atoms with Gasteiger partial charge < -0.3 is 14.7 Å². The van der Waals surface area contributed by atoms with Crippen molar-refractivity contribution in [1.29, 1.82) is 0 Å². The van der Waals surface area contributed by atoms with Gasteiger partial charge in [-0.15, -0.1) is 0 Å². The van der Waals surface area contributed by atoms with Crippen molar-refractivity contribution >= 4 is 17.8 Å². The van der Waals surface area contributed by atoms with E-state index in [2.05, 4.69) is 0 Å². The van der Waals surface area contributed by atoms with Crippen molar-refractivity contribution in [2.75, 3.05) is 13.2 Å². The van der Waals surface area contributed by atoms with Crippen LogP contribution in [0.5, 0.6) is 0 Å². The first-order chi connectivity index (χ1) is 8.68. The third-order valence-corrected chi connectivity index (χ3v) is 2.51. The minimum absolute atomic E-state index is 0.0202. The van der Waals surface area contributed by atoms with E-state index in [9.17, 15) is 14.4 Å². The maximum Gasteiger partial charge on any atom is 0.306 e. The summed E-state index contributed by atoms with van der Waals surface area (Å²) in [5.41, 5.74) is -0.471. The number of aliphatic carboxylic acids is 1. The summed E-state index contributed by atoms with van der Waals surface area (Å²) in [4.78, 5) is 35.3. The fourth-order valence-corrected chi connectivity index (χ4v) is 1.62. The van der Waals surface area contributed by atoms with Crippen LogP contribution >= 0.6 is 0 Å². The second-order valence-corrected chi connectivity index (χ2v) is 5.16. The first-order valence-electron chi connectivity index (χ1n) is 6.36. The lowest BCUT2D eigenvalue weighted by molar-refractivity contribution is -0.147. The van der Waals surface area contributed by atoms with E-state index >= 15 is 0 Å². The predicted molar refractivity (Wildman–Crippen MR) is 69.6 cm³/mol. The molecule has 0 fully saturated rings. The molecule has 0 aromatic carbocycles. The van der Waals surface area contributed by atoms with E-state index < -0.39 is 17.5 Å². The molecule has 0 rings (SSSR count). The van der Waals surface area contributed by atoms with Gasteiger partial charge in [0.15, 0.2) is 0 Å². The maximum absolute atomic E-state index is 12.0. The van der Waals surface area contributed by atoms with Crippen molar-refractivity contribution in [2.24, 2.45) is 0 Å².